The van der Waals surface area contributed by atoms with E-state index < -0.39 is 0 Å². The van der Waals surface area contributed by atoms with Crippen molar-refractivity contribution < 1.29 is 14.9 Å². The number of nitrogen functional groups attached to an aromatic ring is 1. The van der Waals surface area contributed by atoms with Gasteiger partial charge in [-0.05, 0) is 30.7 Å². The summed E-state index contributed by atoms with van der Waals surface area (Å²) in [5, 5.41) is 41.7. The molecule has 0 saturated carbocycles. The second-order valence-corrected chi connectivity index (χ2v) is 5.00. The molecule has 0 saturated heterocycles. The maximum Gasteiger partial charge on any atom is 0.161 e. The highest BCUT2D eigenvalue weighted by Crippen LogP contribution is 2.30. The first kappa shape index (κ1) is 17.9. The zero-order chi connectivity index (χ0) is 18.4. The summed E-state index contributed by atoms with van der Waals surface area (Å²) in [6, 6.07) is 8.58. The maximum atomic E-state index is 9.75. The lowest BCUT2D eigenvalue weighted by Gasteiger charge is -2.06. The number of aromatic hydroxyl groups is 1. The standard InChI is InChI=1S/C17H17N5O3/c1-2-25-15-8-11(3-4-14(15)24)7-12(9-18)16-13(10-19)17(20)22(21-16)5-6-23/h3-4,7-8,23-24H,2,5-6,20H2,1H3/b12-7+. The van der Waals surface area contributed by atoms with Gasteiger partial charge >= 0.3 is 0 Å². The minimum atomic E-state index is -0.197. The second-order valence-electron chi connectivity index (χ2n) is 5.00. The van der Waals surface area contributed by atoms with E-state index in [0.29, 0.717) is 17.9 Å². The number of nitriles is 2. The average molecular weight is 339 g/mol. The van der Waals surface area contributed by atoms with Crippen LogP contribution in [0.1, 0.15) is 23.7 Å². The molecule has 0 radical (unpaired) electrons. The van der Waals surface area contributed by atoms with E-state index in [-0.39, 0.29) is 41.5 Å². The molecule has 0 unspecified atom stereocenters. The number of aliphatic hydroxyl groups excluding tert-OH is 1. The Morgan fingerprint density at radius 2 is 2.20 bits per heavy atom. The van der Waals surface area contributed by atoms with Crippen LogP contribution in [0.2, 0.25) is 0 Å². The van der Waals surface area contributed by atoms with E-state index >= 15 is 0 Å². The zero-order valence-corrected chi connectivity index (χ0v) is 13.6. The molecule has 0 atom stereocenters. The normalized spacial score (nSPS) is 11.0. The van der Waals surface area contributed by atoms with Crippen LogP contribution in [0.25, 0.3) is 11.6 Å². The lowest BCUT2D eigenvalue weighted by atomic mass is 10.1. The van der Waals surface area contributed by atoms with Gasteiger partial charge in [0.1, 0.15) is 29.2 Å². The van der Waals surface area contributed by atoms with E-state index in [1.54, 1.807) is 19.1 Å². The van der Waals surface area contributed by atoms with Gasteiger partial charge in [0, 0.05) is 0 Å². The van der Waals surface area contributed by atoms with Crippen molar-refractivity contribution in [2.24, 2.45) is 0 Å². The Labute approximate surface area is 144 Å². The summed E-state index contributed by atoms with van der Waals surface area (Å²) in [6.07, 6.45) is 1.52. The predicted molar refractivity (Wildman–Crippen MR) is 91.2 cm³/mol. The van der Waals surface area contributed by atoms with Crippen LogP contribution in [0.5, 0.6) is 11.5 Å². The molecule has 0 aliphatic carbocycles. The van der Waals surface area contributed by atoms with Gasteiger partial charge in [0.2, 0.25) is 0 Å². The SMILES string of the molecule is CCOc1cc(/C=C(\C#N)c2nn(CCO)c(N)c2C#N)ccc1O. The van der Waals surface area contributed by atoms with Crippen LogP contribution in [0.15, 0.2) is 18.2 Å². The molecule has 0 spiro atoms. The quantitative estimate of drug-likeness (QED) is 0.677. The van der Waals surface area contributed by atoms with Gasteiger partial charge < -0.3 is 20.7 Å². The Morgan fingerprint density at radius 1 is 1.44 bits per heavy atom. The number of hydrogen-bond acceptors (Lipinski definition) is 7. The van der Waals surface area contributed by atoms with E-state index in [4.69, 9.17) is 15.6 Å². The first-order chi connectivity index (χ1) is 12.0. The number of hydrogen-bond donors (Lipinski definition) is 3. The third-order valence-corrected chi connectivity index (χ3v) is 3.39. The first-order valence-electron chi connectivity index (χ1n) is 7.50. The topological polar surface area (TPSA) is 141 Å². The number of benzene rings is 1. The van der Waals surface area contributed by atoms with Gasteiger partial charge in [-0.1, -0.05) is 6.07 Å². The first-order valence-corrected chi connectivity index (χ1v) is 7.50. The number of allylic oxidation sites excluding steroid dienone is 1. The molecule has 4 N–H and O–H groups in total. The molecule has 1 aromatic carbocycles. The second kappa shape index (κ2) is 7.86. The van der Waals surface area contributed by atoms with Crippen LogP contribution >= 0.6 is 0 Å². The molecular formula is C17H17N5O3. The van der Waals surface area contributed by atoms with Crippen LogP contribution < -0.4 is 10.5 Å². The van der Waals surface area contributed by atoms with Crippen LogP contribution in [0, 0.1) is 22.7 Å². The van der Waals surface area contributed by atoms with Gasteiger partial charge in [-0.2, -0.15) is 15.6 Å². The number of aliphatic hydroxyl groups is 1. The Hall–Kier alpha value is -3.49. The van der Waals surface area contributed by atoms with E-state index in [0.717, 1.165) is 0 Å². The van der Waals surface area contributed by atoms with Crippen molar-refractivity contribution in [2.75, 3.05) is 18.9 Å². The molecule has 0 bridgehead atoms. The number of aromatic nitrogens is 2. The van der Waals surface area contributed by atoms with Crippen molar-refractivity contribution in [3.05, 3.63) is 35.0 Å². The lowest BCUT2D eigenvalue weighted by molar-refractivity contribution is 0.270. The summed E-state index contributed by atoms with van der Waals surface area (Å²) >= 11 is 0. The number of phenols is 1. The molecule has 8 nitrogen and oxygen atoms in total. The highest BCUT2D eigenvalue weighted by atomic mass is 16.5. The summed E-state index contributed by atoms with van der Waals surface area (Å²) in [4.78, 5) is 0. The molecule has 0 aliphatic heterocycles. The zero-order valence-electron chi connectivity index (χ0n) is 13.6. The Kier molecular flexibility index (Phi) is 5.62. The highest BCUT2D eigenvalue weighted by Gasteiger charge is 2.19. The van der Waals surface area contributed by atoms with E-state index in [9.17, 15) is 15.6 Å². The Morgan fingerprint density at radius 3 is 2.80 bits per heavy atom. The van der Waals surface area contributed by atoms with Gasteiger partial charge in [0.05, 0.1) is 25.3 Å². The molecule has 0 fully saturated rings. The number of nitrogens with two attached hydrogens (primary N) is 1. The largest absolute Gasteiger partial charge is 0.504 e. The van der Waals surface area contributed by atoms with Gasteiger partial charge in [-0.25, -0.2) is 4.68 Å². The third kappa shape index (κ3) is 3.71. The fraction of sp³-hybridized carbons (Fsp3) is 0.235. The van der Waals surface area contributed by atoms with Crippen molar-refractivity contribution in [1.29, 1.82) is 10.5 Å². The molecule has 0 amide bonds. The predicted octanol–water partition coefficient (Wildman–Crippen LogP) is 1.50. The smallest absolute Gasteiger partial charge is 0.161 e. The average Bonchev–Trinajstić information content (AvgIpc) is 2.92. The monoisotopic (exact) mass is 339 g/mol. The molecule has 2 rings (SSSR count). The number of ether oxygens (including phenoxy) is 1. The van der Waals surface area contributed by atoms with Gasteiger partial charge in [0.25, 0.3) is 0 Å². The van der Waals surface area contributed by atoms with Crippen LogP contribution in [0.4, 0.5) is 5.82 Å². The van der Waals surface area contributed by atoms with Crippen LogP contribution in [-0.2, 0) is 6.54 Å². The van der Waals surface area contributed by atoms with E-state index in [1.807, 2.05) is 12.1 Å². The van der Waals surface area contributed by atoms with Crippen LogP contribution in [0.3, 0.4) is 0 Å². The van der Waals surface area contributed by atoms with Crippen molar-refractivity contribution in [1.82, 2.24) is 9.78 Å². The number of nitrogens with zero attached hydrogens (tertiary/aromatic N) is 4. The molecule has 25 heavy (non-hydrogen) atoms. The fourth-order valence-corrected chi connectivity index (χ4v) is 2.25. The summed E-state index contributed by atoms with van der Waals surface area (Å²) < 4.78 is 6.60. The Balaban J connectivity index is 2.52. The van der Waals surface area contributed by atoms with E-state index in [2.05, 4.69) is 5.10 Å². The third-order valence-electron chi connectivity index (χ3n) is 3.39. The number of anilines is 1. The van der Waals surface area contributed by atoms with Crippen molar-refractivity contribution in [3.8, 4) is 23.6 Å². The summed E-state index contributed by atoms with van der Waals surface area (Å²) in [5.74, 6) is 0.375. The molecule has 1 heterocycles. The maximum absolute atomic E-state index is 9.75. The van der Waals surface area contributed by atoms with E-state index in [1.165, 1.54) is 16.8 Å². The summed E-state index contributed by atoms with van der Waals surface area (Å²) in [5.41, 5.74) is 6.79. The van der Waals surface area contributed by atoms with Gasteiger partial charge in [-0.3, -0.25) is 0 Å². The molecule has 1 aromatic heterocycles. The van der Waals surface area contributed by atoms with Gasteiger partial charge in [-0.15, -0.1) is 0 Å². The highest BCUT2D eigenvalue weighted by molar-refractivity contribution is 5.91. The minimum absolute atomic E-state index is 0.00769. The Bertz CT molecular complexity index is 887. The van der Waals surface area contributed by atoms with Crippen LogP contribution in [-0.4, -0.2) is 33.2 Å². The molecule has 2 aromatic rings. The molecule has 8 heteroatoms. The van der Waals surface area contributed by atoms with Gasteiger partial charge in [0.15, 0.2) is 11.5 Å². The molecule has 0 aliphatic rings. The number of phenolic OH excluding ortho intramolecular Hbond substituents is 1. The number of rotatable bonds is 6. The van der Waals surface area contributed by atoms with Crippen molar-refractivity contribution in [3.63, 3.8) is 0 Å². The molecule has 128 valence electrons. The molecular weight excluding hydrogens is 322 g/mol. The summed E-state index contributed by atoms with van der Waals surface area (Å²) in [6.45, 7) is 2.09. The van der Waals surface area contributed by atoms with Crippen molar-refractivity contribution >= 4 is 17.5 Å². The van der Waals surface area contributed by atoms with Crippen molar-refractivity contribution in [2.45, 2.75) is 13.5 Å². The lowest BCUT2D eigenvalue weighted by Crippen LogP contribution is -2.07. The summed E-state index contributed by atoms with van der Waals surface area (Å²) in [7, 11) is 0. The minimum Gasteiger partial charge on any atom is -0.504 e. The fourth-order valence-electron chi connectivity index (χ4n) is 2.25.